The molecule has 0 spiro atoms. The lowest BCUT2D eigenvalue weighted by Crippen LogP contribution is -2.51. The molecule has 16 heterocycles. The fourth-order valence-corrected chi connectivity index (χ4v) is 19.2. The highest BCUT2D eigenvalue weighted by Crippen LogP contribution is 2.39. The SMILES string of the molecule is CC(C)N1CCN(c2ccc(Nc3ccc(-c4cc[nH]c(=O)c4)n4ccnc34)cc2Cl)CC1.CCC(C)N1CCN(C(=O)c2ccc(Nc3ccc(-c4cc[nH]c(=O)c4)n4ccnc34)cc2)CC1.Cn1ccc2c(-c3ccc(Nc4ccc(N5CCOCC5)c(Cl)c4)c4nccn34)cccc21.O=C(c1ccc(Nc2ccc(-c3cc[nH]c(=O)c3)n3ccnc23)cc1)N1CCN(Cc2ccccc2)CC1. The third-order valence-corrected chi connectivity index (χ3v) is 27.0. The molecule has 0 aliphatic carbocycles. The van der Waals surface area contributed by atoms with Gasteiger partial charge in [-0.2, -0.15) is 0 Å². The van der Waals surface area contributed by atoms with Crippen LogP contribution in [0.2, 0.25) is 10.0 Å². The fourth-order valence-electron chi connectivity index (χ4n) is 18.6. The van der Waals surface area contributed by atoms with Gasteiger partial charge in [0.25, 0.3) is 11.8 Å². The van der Waals surface area contributed by atoms with Crippen molar-refractivity contribution in [3.05, 3.63) is 357 Å². The molecule has 4 fully saturated rings. The van der Waals surface area contributed by atoms with Crippen LogP contribution in [0.4, 0.5) is 56.9 Å². The lowest BCUT2D eigenvalue weighted by atomic mass is 10.1. The second-order valence-corrected chi connectivity index (χ2v) is 36.2. The first-order valence-corrected chi connectivity index (χ1v) is 47.9. The zero-order valence-corrected chi connectivity index (χ0v) is 79.5. The predicted octanol–water partition coefficient (Wildman–Crippen LogP) is 18.7. The van der Waals surface area contributed by atoms with E-state index < -0.39 is 0 Å². The minimum absolute atomic E-state index is 0.0637. The number of carbonyl (C=O) groups excluding carboxylic acids is 2. The van der Waals surface area contributed by atoms with E-state index in [2.05, 4.69) is 215 Å². The molecule has 0 saturated carbocycles. The number of H-pyrrole nitrogens is 3. The number of morpholine rings is 1. The van der Waals surface area contributed by atoms with Gasteiger partial charge >= 0.3 is 0 Å². The minimum atomic E-state index is -0.151. The molecule has 4 saturated heterocycles. The van der Waals surface area contributed by atoms with Crippen molar-refractivity contribution in [1.29, 1.82) is 0 Å². The molecular weight excluding hydrogens is 1790 g/mol. The molecule has 7 N–H and O–H groups in total. The van der Waals surface area contributed by atoms with Crippen molar-refractivity contribution in [2.24, 2.45) is 7.05 Å². The Kier molecular flexibility index (Phi) is 28.1. The van der Waals surface area contributed by atoms with E-state index in [1.807, 2.05) is 175 Å². The summed E-state index contributed by atoms with van der Waals surface area (Å²) in [5.41, 5.74) is 23.1. The van der Waals surface area contributed by atoms with Crippen LogP contribution in [0.1, 0.15) is 60.4 Å². The Morgan fingerprint density at radius 3 is 1.23 bits per heavy atom. The zero-order chi connectivity index (χ0) is 95.6. The lowest BCUT2D eigenvalue weighted by molar-refractivity contribution is 0.0579. The molecule has 4 aliphatic heterocycles. The van der Waals surface area contributed by atoms with Gasteiger partial charge in [0.2, 0.25) is 16.7 Å². The van der Waals surface area contributed by atoms with E-state index in [9.17, 15) is 24.0 Å². The van der Waals surface area contributed by atoms with E-state index in [0.717, 1.165) is 247 Å². The van der Waals surface area contributed by atoms with E-state index in [4.69, 9.17) is 27.9 Å². The predicted molar refractivity (Wildman–Crippen MR) is 557 cm³/mol. The lowest BCUT2D eigenvalue weighted by Gasteiger charge is -2.38. The Balaban J connectivity index is 0.000000118. The number of fused-ring (bicyclic) bond motifs is 5. The van der Waals surface area contributed by atoms with Gasteiger partial charge in [-0.05, 0) is 197 Å². The van der Waals surface area contributed by atoms with Crippen LogP contribution < -0.4 is 47.7 Å². The quantitative estimate of drug-likeness (QED) is 0.0352. The van der Waals surface area contributed by atoms with E-state index in [-0.39, 0.29) is 28.5 Å². The van der Waals surface area contributed by atoms with Crippen LogP contribution in [0.15, 0.2) is 313 Å². The Morgan fingerprint density at radius 2 is 0.806 bits per heavy atom. The number of halogens is 2. The van der Waals surface area contributed by atoms with Gasteiger partial charge in [-0.1, -0.05) is 72.6 Å². The maximum atomic E-state index is 13.1. The van der Waals surface area contributed by atoms with Gasteiger partial charge in [0.1, 0.15) is 0 Å². The molecular formula is C108H109Cl2N23O6. The van der Waals surface area contributed by atoms with E-state index >= 15 is 0 Å². The van der Waals surface area contributed by atoms with Crippen LogP contribution in [0.25, 0.3) is 78.5 Å². The summed E-state index contributed by atoms with van der Waals surface area (Å²) in [6.07, 6.45) is 22.9. The van der Waals surface area contributed by atoms with E-state index in [0.29, 0.717) is 23.2 Å². The Labute approximate surface area is 813 Å². The van der Waals surface area contributed by atoms with Crippen LogP contribution in [0.3, 0.4) is 0 Å². The standard InChI is InChI=1S/C30H28N6O2.C27H30N6O2.C26H24ClN5O.C25H27ClN6O/c37-28-20-24(12-13-31-28)27-11-10-26(29-32-14-15-36(27)29)33-25-8-6-23(7-9-25)30(38)35-18-16-34(17-19-35)21-22-4-2-1-3-5-22;1-3-19(2)31-14-16-32(17-15-31)27(35)20-4-6-22(7-5-20)30-23-8-9-24(33-13-12-29-26(23)33)21-10-11-28-25(34)18-21;1-30-11-9-20-19(3-2-4-23(20)30)24-8-6-22(26-28-10-12-32(24)26)29-18-5-7-25(21(27)17-18)31-13-15-33-16-14-31;1-17(2)30-11-13-31(14-12-30)23-5-3-19(16-20(23)26)29-21-4-6-22(32-10-9-28-25(21)32)18-7-8-27-24(33)15-18/h1-15,20,33H,16-19,21H2,(H,31,37);4-13,18-19,30H,3,14-17H2,1-2H3,(H,28,34);2-12,17,29H,13-16H2,1H3;3-10,15-17,29H,11-14H2,1-2H3,(H,27,33). The summed E-state index contributed by atoms with van der Waals surface area (Å²) in [4.78, 5) is 103. The molecule has 139 heavy (non-hydrogen) atoms. The number of nitrogens with one attached hydrogen (secondary N) is 7. The number of amides is 2. The first-order chi connectivity index (χ1) is 67.8. The van der Waals surface area contributed by atoms with Gasteiger partial charge in [-0.25, -0.2) is 19.9 Å². The average Bonchev–Trinajstić information content (AvgIpc) is 1.64. The highest BCUT2D eigenvalue weighted by molar-refractivity contribution is 6.34. The van der Waals surface area contributed by atoms with Gasteiger partial charge in [0.05, 0.1) is 80.2 Å². The summed E-state index contributed by atoms with van der Waals surface area (Å²) in [5.74, 6) is 0.145. The molecule has 0 bridgehead atoms. The number of rotatable bonds is 21. The number of aromatic amines is 3. The molecule has 29 nitrogen and oxygen atoms in total. The number of ether oxygens (including phenoxy) is 1. The number of carbonyl (C=O) groups is 2. The third-order valence-electron chi connectivity index (χ3n) is 26.3. The van der Waals surface area contributed by atoms with Crippen molar-refractivity contribution < 1.29 is 14.3 Å². The van der Waals surface area contributed by atoms with Gasteiger partial charge in [-0.15, -0.1) is 0 Å². The Bertz CT molecular complexity index is 7580. The van der Waals surface area contributed by atoms with Crippen LogP contribution in [-0.4, -0.2) is 210 Å². The summed E-state index contributed by atoms with van der Waals surface area (Å²) in [6, 6.07) is 73.9. The fraction of sp³-hybridized carbons (Fsp3) is 0.231. The number of aromatic nitrogens is 12. The highest BCUT2D eigenvalue weighted by Gasteiger charge is 2.28. The number of imidazole rings is 4. The van der Waals surface area contributed by atoms with Crippen LogP contribution in [0.5, 0.6) is 0 Å². The second kappa shape index (κ2) is 42.1. The van der Waals surface area contributed by atoms with Crippen molar-refractivity contribution >= 4 is 125 Å². The van der Waals surface area contributed by atoms with Crippen LogP contribution >= 0.6 is 23.2 Å². The van der Waals surface area contributed by atoms with E-state index in [1.165, 1.54) is 22.0 Å². The van der Waals surface area contributed by atoms with Crippen LogP contribution in [-0.2, 0) is 18.3 Å². The zero-order valence-electron chi connectivity index (χ0n) is 78.0. The number of benzene rings is 6. The Hall–Kier alpha value is -15.4. The van der Waals surface area contributed by atoms with Crippen molar-refractivity contribution in [2.75, 3.05) is 136 Å². The summed E-state index contributed by atoms with van der Waals surface area (Å²) in [7, 11) is 2.07. The molecule has 22 rings (SSSR count). The number of hydrogen-bond donors (Lipinski definition) is 7. The van der Waals surface area contributed by atoms with Crippen molar-refractivity contribution in [3.8, 4) is 45.0 Å². The van der Waals surface area contributed by atoms with Gasteiger partial charge in [0.15, 0.2) is 22.6 Å². The average molecular weight is 1900 g/mol. The molecule has 1 atom stereocenters. The number of nitrogens with zero attached hydrogens (tertiary/aromatic N) is 16. The summed E-state index contributed by atoms with van der Waals surface area (Å²) in [5, 5.41) is 16.5. The molecule has 0 radical (unpaired) electrons. The molecule has 706 valence electrons. The Morgan fingerprint density at radius 1 is 0.403 bits per heavy atom. The third kappa shape index (κ3) is 21.0. The minimum Gasteiger partial charge on any atom is -0.378 e. The van der Waals surface area contributed by atoms with E-state index in [1.54, 1.807) is 55.4 Å². The smallest absolute Gasteiger partial charge is 0.253 e. The van der Waals surface area contributed by atoms with Crippen LogP contribution in [0, 0.1) is 0 Å². The number of hydrogen-bond acceptors (Lipinski definition) is 19. The molecule has 2 amide bonds. The van der Waals surface area contributed by atoms with Crippen molar-refractivity contribution in [2.45, 2.75) is 52.7 Å². The summed E-state index contributed by atoms with van der Waals surface area (Å²) in [6.45, 7) is 23.6. The molecule has 6 aromatic carbocycles. The molecule has 12 aromatic heterocycles. The number of pyridine rings is 7. The monoisotopic (exact) mass is 1890 g/mol. The summed E-state index contributed by atoms with van der Waals surface area (Å²) >= 11 is 13.3. The molecule has 4 aliphatic rings. The van der Waals surface area contributed by atoms with Gasteiger partial charge in [-0.3, -0.25) is 56.3 Å². The molecule has 18 aromatic rings. The maximum absolute atomic E-state index is 13.1. The first kappa shape index (κ1) is 92.7. The maximum Gasteiger partial charge on any atom is 0.253 e. The number of piperazine rings is 3. The molecule has 1 unspecified atom stereocenters. The van der Waals surface area contributed by atoms with Crippen molar-refractivity contribution in [3.63, 3.8) is 0 Å². The highest BCUT2D eigenvalue weighted by atomic mass is 35.5. The van der Waals surface area contributed by atoms with Crippen molar-refractivity contribution in [1.82, 2.24) is 81.6 Å². The summed E-state index contributed by atoms with van der Waals surface area (Å²) < 4.78 is 15.6. The largest absolute Gasteiger partial charge is 0.378 e. The van der Waals surface area contributed by atoms with Gasteiger partial charge < -0.3 is 65.1 Å². The number of anilines is 10. The first-order valence-electron chi connectivity index (χ1n) is 47.1. The van der Waals surface area contributed by atoms with Gasteiger partial charge in [0, 0.05) is 277 Å². The molecule has 31 heteroatoms. The topological polar surface area (TPSA) is 287 Å². The number of aryl methyl sites for hydroxylation is 1. The normalized spacial score (nSPS) is 14.6. The second-order valence-electron chi connectivity index (χ2n) is 35.3.